The zero-order valence-electron chi connectivity index (χ0n) is 16.6. The zero-order chi connectivity index (χ0) is 20.5. The molecule has 3 heteroatoms. The summed E-state index contributed by atoms with van der Waals surface area (Å²) in [5, 5.41) is 1.20. The van der Waals surface area contributed by atoms with Crippen molar-refractivity contribution in [1.29, 1.82) is 0 Å². The number of Topliss-reactive ketones (excluding diaryl/α,β-unsaturated/α-hetero) is 1. The molecule has 0 aliphatic heterocycles. The first-order chi connectivity index (χ1) is 14.7. The lowest BCUT2D eigenvalue weighted by Crippen LogP contribution is -2.32. The molecule has 6 rings (SSSR count). The lowest BCUT2D eigenvalue weighted by Gasteiger charge is -2.33. The summed E-state index contributed by atoms with van der Waals surface area (Å²) in [5.74, 6) is 0.0360. The lowest BCUT2D eigenvalue weighted by atomic mass is 9.85. The summed E-state index contributed by atoms with van der Waals surface area (Å²) in [6.45, 7) is 3.92. The Bertz CT molecular complexity index is 1170. The van der Waals surface area contributed by atoms with Gasteiger partial charge in [-0.2, -0.15) is 0 Å². The number of rotatable bonds is 5. The van der Waals surface area contributed by atoms with Crippen LogP contribution in [-0.4, -0.2) is 10.9 Å². The summed E-state index contributed by atoms with van der Waals surface area (Å²) in [6, 6.07) is 28.2. The third-order valence-electron chi connectivity index (χ3n) is 7.66. The maximum atomic E-state index is 15.4. The summed E-state index contributed by atoms with van der Waals surface area (Å²) < 4.78 is 15.4. The van der Waals surface area contributed by atoms with Crippen molar-refractivity contribution in [3.05, 3.63) is 109 Å². The first kappa shape index (κ1) is 18.1. The van der Waals surface area contributed by atoms with Crippen molar-refractivity contribution in [2.45, 2.75) is 23.4 Å². The fraction of sp³-hybridized carbons (Fsp3) is 0.222. The Kier molecular flexibility index (Phi) is 3.71. The van der Waals surface area contributed by atoms with Crippen molar-refractivity contribution in [3.63, 3.8) is 0 Å². The molecule has 0 amide bonds. The van der Waals surface area contributed by atoms with Crippen LogP contribution in [0.4, 0.5) is 0 Å². The van der Waals surface area contributed by atoms with Gasteiger partial charge in [-0.1, -0.05) is 91.0 Å². The molecule has 2 fully saturated rings. The number of ketones is 1. The van der Waals surface area contributed by atoms with E-state index in [0.29, 0.717) is 6.42 Å². The van der Waals surface area contributed by atoms with Crippen LogP contribution in [0.2, 0.25) is 0 Å². The van der Waals surface area contributed by atoms with Gasteiger partial charge in [0.05, 0.1) is 5.16 Å². The molecule has 30 heavy (non-hydrogen) atoms. The lowest BCUT2D eigenvalue weighted by molar-refractivity contribution is -0.122. The minimum Gasteiger partial charge on any atom is -0.313 e. The van der Waals surface area contributed by atoms with Crippen molar-refractivity contribution >= 4 is 23.5 Å². The van der Waals surface area contributed by atoms with Gasteiger partial charge in [0, 0.05) is 34.3 Å². The monoisotopic (exact) mass is 410 g/mol. The molecule has 2 saturated carbocycles. The van der Waals surface area contributed by atoms with Crippen molar-refractivity contribution in [1.82, 2.24) is 0 Å². The number of fused-ring (bicyclic) bond motifs is 4. The van der Waals surface area contributed by atoms with Crippen LogP contribution in [0.5, 0.6) is 0 Å². The average Bonchev–Trinajstić information content (AvgIpc) is 3.35. The number of hydrogen-bond acceptors (Lipinski definition) is 2. The molecule has 0 spiro atoms. The SMILES string of the molecule is C=CCC1C(=O)C2C3c4ccccc4C1C23P(=O)(c1ccccc1)c1ccccc1. The van der Waals surface area contributed by atoms with E-state index in [9.17, 15) is 4.79 Å². The second-order valence-electron chi connectivity index (χ2n) is 8.76. The molecule has 5 atom stereocenters. The molecule has 3 aromatic rings. The van der Waals surface area contributed by atoms with Crippen LogP contribution in [0.3, 0.4) is 0 Å². The van der Waals surface area contributed by atoms with Gasteiger partial charge < -0.3 is 4.57 Å². The third-order valence-corrected chi connectivity index (χ3v) is 11.6. The van der Waals surface area contributed by atoms with Crippen molar-refractivity contribution in [2.24, 2.45) is 11.8 Å². The highest BCUT2D eigenvalue weighted by molar-refractivity contribution is 7.80. The fourth-order valence-corrected chi connectivity index (χ4v) is 11.1. The van der Waals surface area contributed by atoms with Gasteiger partial charge in [0.25, 0.3) is 0 Å². The molecule has 0 bridgehead atoms. The minimum absolute atomic E-state index is 0.0135. The Labute approximate surface area is 177 Å². The molecule has 5 unspecified atom stereocenters. The Hall–Kier alpha value is -2.70. The third kappa shape index (κ3) is 1.92. The highest BCUT2D eigenvalue weighted by atomic mass is 31.2. The van der Waals surface area contributed by atoms with Gasteiger partial charge in [-0.05, 0) is 17.5 Å². The van der Waals surface area contributed by atoms with E-state index in [4.69, 9.17) is 0 Å². The molecule has 0 aromatic heterocycles. The second kappa shape index (κ2) is 6.15. The number of benzene rings is 3. The minimum atomic E-state index is -3.10. The van der Waals surface area contributed by atoms with E-state index >= 15 is 4.57 Å². The van der Waals surface area contributed by atoms with Gasteiger partial charge >= 0.3 is 0 Å². The normalized spacial score (nSPS) is 30.6. The van der Waals surface area contributed by atoms with Crippen LogP contribution in [-0.2, 0) is 9.36 Å². The number of carbonyl (C=O) groups excluding carboxylic acids is 1. The molecule has 0 saturated heterocycles. The standard InChI is InChI=1S/C27H23O2P/c1-2-11-22-23-20-16-9-10-17-21(20)24-25(26(22)28)27(23,24)30(29,18-12-5-3-6-13-18)19-14-7-4-8-15-19/h2-10,12-17,22-25H,1,11H2. The predicted molar refractivity (Wildman–Crippen MR) is 121 cm³/mol. The molecule has 148 valence electrons. The predicted octanol–water partition coefficient (Wildman–Crippen LogP) is 5.03. The molecule has 3 aliphatic rings. The van der Waals surface area contributed by atoms with Gasteiger partial charge in [0.1, 0.15) is 5.78 Å². The Balaban J connectivity index is 1.67. The molecule has 3 aliphatic carbocycles. The van der Waals surface area contributed by atoms with Crippen LogP contribution in [0.1, 0.15) is 29.4 Å². The van der Waals surface area contributed by atoms with Crippen molar-refractivity contribution < 1.29 is 9.36 Å². The summed E-state index contributed by atoms with van der Waals surface area (Å²) in [6.07, 6.45) is 2.50. The van der Waals surface area contributed by atoms with Gasteiger partial charge in [-0.15, -0.1) is 6.58 Å². The van der Waals surface area contributed by atoms with Crippen molar-refractivity contribution in [2.75, 3.05) is 0 Å². The van der Waals surface area contributed by atoms with E-state index in [2.05, 4.69) is 30.8 Å². The molecule has 0 N–H and O–H groups in total. The number of carbonyl (C=O) groups is 1. The zero-order valence-corrected chi connectivity index (χ0v) is 17.5. The molecule has 2 nitrogen and oxygen atoms in total. The van der Waals surface area contributed by atoms with E-state index in [0.717, 1.165) is 10.6 Å². The first-order valence-electron chi connectivity index (χ1n) is 10.6. The second-order valence-corrected chi connectivity index (χ2v) is 11.8. The van der Waals surface area contributed by atoms with Gasteiger partial charge in [0.2, 0.25) is 0 Å². The van der Waals surface area contributed by atoms with Gasteiger partial charge in [-0.3, -0.25) is 4.79 Å². The van der Waals surface area contributed by atoms with Crippen LogP contribution >= 0.6 is 7.14 Å². The van der Waals surface area contributed by atoms with E-state index in [1.807, 2.05) is 66.7 Å². The number of allylic oxidation sites excluding steroid dienone is 1. The molecule has 0 radical (unpaired) electrons. The first-order valence-corrected chi connectivity index (χ1v) is 12.3. The topological polar surface area (TPSA) is 34.1 Å². The van der Waals surface area contributed by atoms with Gasteiger partial charge in [-0.25, -0.2) is 0 Å². The summed E-state index contributed by atoms with van der Waals surface area (Å²) in [7, 11) is -3.10. The van der Waals surface area contributed by atoms with E-state index < -0.39 is 12.3 Å². The smallest absolute Gasteiger partial charge is 0.151 e. The van der Waals surface area contributed by atoms with E-state index in [1.165, 1.54) is 11.1 Å². The molecular weight excluding hydrogens is 387 g/mol. The average molecular weight is 410 g/mol. The molecular formula is C27H23O2P. The van der Waals surface area contributed by atoms with E-state index in [-0.39, 0.29) is 29.5 Å². The summed E-state index contributed by atoms with van der Waals surface area (Å²) in [4.78, 5) is 13.6. The molecule has 0 heterocycles. The van der Waals surface area contributed by atoms with Crippen molar-refractivity contribution in [3.8, 4) is 0 Å². The van der Waals surface area contributed by atoms with Crippen LogP contribution in [0, 0.1) is 11.8 Å². The largest absolute Gasteiger partial charge is 0.313 e. The fourth-order valence-electron chi connectivity index (χ4n) is 6.75. The Morgan fingerprint density at radius 1 is 0.767 bits per heavy atom. The van der Waals surface area contributed by atoms with Crippen LogP contribution < -0.4 is 10.6 Å². The quantitative estimate of drug-likeness (QED) is 0.437. The summed E-state index contributed by atoms with van der Waals surface area (Å²) >= 11 is 0. The highest BCUT2D eigenvalue weighted by Crippen LogP contribution is 2.90. The number of hydrogen-bond donors (Lipinski definition) is 0. The maximum absolute atomic E-state index is 15.4. The Morgan fingerprint density at radius 2 is 1.27 bits per heavy atom. The van der Waals surface area contributed by atoms with E-state index in [1.54, 1.807) is 0 Å². The van der Waals surface area contributed by atoms with Crippen LogP contribution in [0.15, 0.2) is 97.6 Å². The Morgan fingerprint density at radius 3 is 1.80 bits per heavy atom. The molecule has 3 aromatic carbocycles. The maximum Gasteiger partial charge on any atom is 0.151 e. The summed E-state index contributed by atoms with van der Waals surface area (Å²) in [5.41, 5.74) is 2.46. The van der Waals surface area contributed by atoms with Gasteiger partial charge in [0.15, 0.2) is 7.14 Å². The van der Waals surface area contributed by atoms with Crippen LogP contribution in [0.25, 0.3) is 0 Å². The highest BCUT2D eigenvalue weighted by Gasteiger charge is 2.87.